The molecule has 0 aromatic carbocycles. The van der Waals surface area contributed by atoms with Gasteiger partial charge in [0, 0.05) is 17.8 Å². The number of rotatable bonds is 3. The normalized spacial score (nSPS) is 13.4. The molecule has 1 rings (SSSR count). The Morgan fingerprint density at radius 1 is 1.73 bits per heavy atom. The van der Waals surface area contributed by atoms with Crippen molar-refractivity contribution in [2.75, 3.05) is 0 Å². The summed E-state index contributed by atoms with van der Waals surface area (Å²) in [6.07, 6.45) is 1.93. The van der Waals surface area contributed by atoms with Gasteiger partial charge < -0.3 is 5.73 Å². The summed E-state index contributed by atoms with van der Waals surface area (Å²) in [6.45, 7) is 4.12. The van der Waals surface area contributed by atoms with Gasteiger partial charge in [-0.2, -0.15) is 0 Å². The van der Waals surface area contributed by atoms with Gasteiger partial charge in [0.05, 0.1) is 10.7 Å². The summed E-state index contributed by atoms with van der Waals surface area (Å²) in [6, 6.07) is 0.224. The van der Waals surface area contributed by atoms with E-state index < -0.39 is 0 Å². The summed E-state index contributed by atoms with van der Waals surface area (Å²) < 4.78 is 0. The zero-order valence-corrected chi connectivity index (χ0v) is 7.82. The van der Waals surface area contributed by atoms with Gasteiger partial charge in [-0.3, -0.25) is 0 Å². The lowest BCUT2D eigenvalue weighted by Gasteiger charge is -1.99. The second-order valence-corrected chi connectivity index (χ2v) is 3.71. The maximum absolute atomic E-state index is 5.64. The average molecular weight is 170 g/mol. The Balaban J connectivity index is 2.58. The van der Waals surface area contributed by atoms with Crippen LogP contribution in [0.1, 0.15) is 24.5 Å². The Kier molecular flexibility index (Phi) is 3.02. The van der Waals surface area contributed by atoms with Crippen molar-refractivity contribution < 1.29 is 0 Å². The summed E-state index contributed by atoms with van der Waals surface area (Å²) >= 11 is 1.72. The topological polar surface area (TPSA) is 38.9 Å². The Morgan fingerprint density at radius 2 is 2.45 bits per heavy atom. The molecule has 0 spiro atoms. The van der Waals surface area contributed by atoms with Crippen LogP contribution in [0.2, 0.25) is 0 Å². The van der Waals surface area contributed by atoms with E-state index in [1.165, 1.54) is 5.01 Å². The molecule has 1 aromatic heterocycles. The van der Waals surface area contributed by atoms with E-state index in [2.05, 4.69) is 17.3 Å². The van der Waals surface area contributed by atoms with Crippen molar-refractivity contribution in [2.45, 2.75) is 32.7 Å². The van der Waals surface area contributed by atoms with Crippen LogP contribution in [0.4, 0.5) is 0 Å². The largest absolute Gasteiger partial charge is 0.328 e. The first-order chi connectivity index (χ1) is 5.22. The van der Waals surface area contributed by atoms with E-state index in [9.17, 15) is 0 Å². The fourth-order valence-electron chi connectivity index (χ4n) is 0.935. The number of thiazole rings is 1. The van der Waals surface area contributed by atoms with Gasteiger partial charge in [-0.1, -0.05) is 6.92 Å². The van der Waals surface area contributed by atoms with E-state index in [1.807, 2.05) is 6.92 Å². The number of nitrogens with zero attached hydrogens (tertiary/aromatic N) is 1. The predicted octanol–water partition coefficient (Wildman–Crippen LogP) is 1.60. The molecule has 0 radical (unpaired) electrons. The van der Waals surface area contributed by atoms with Gasteiger partial charge in [0.2, 0.25) is 0 Å². The van der Waals surface area contributed by atoms with Crippen LogP contribution < -0.4 is 5.73 Å². The Hall–Kier alpha value is -0.410. The minimum Gasteiger partial charge on any atom is -0.328 e. The van der Waals surface area contributed by atoms with Crippen molar-refractivity contribution in [3.8, 4) is 0 Å². The molecule has 0 aliphatic carbocycles. The van der Waals surface area contributed by atoms with Gasteiger partial charge in [0.15, 0.2) is 0 Å². The van der Waals surface area contributed by atoms with Gasteiger partial charge in [-0.05, 0) is 13.3 Å². The maximum atomic E-state index is 5.64. The number of hydrogen-bond acceptors (Lipinski definition) is 3. The van der Waals surface area contributed by atoms with Crippen molar-refractivity contribution in [3.05, 3.63) is 16.1 Å². The number of aryl methyl sites for hydroxylation is 1. The monoisotopic (exact) mass is 170 g/mol. The lowest BCUT2D eigenvalue weighted by molar-refractivity contribution is 0.723. The standard InChI is InChI=1S/C8H14N2S/c1-3-8-10-7(5-11-8)4-6(2)9/h5-6H,3-4,9H2,1-2H3. The van der Waals surface area contributed by atoms with Gasteiger partial charge in [0.25, 0.3) is 0 Å². The lowest BCUT2D eigenvalue weighted by Crippen LogP contribution is -2.17. The van der Waals surface area contributed by atoms with Gasteiger partial charge in [0.1, 0.15) is 0 Å². The molecule has 1 unspecified atom stereocenters. The smallest absolute Gasteiger partial charge is 0.0925 e. The van der Waals surface area contributed by atoms with Crippen LogP contribution in [0.5, 0.6) is 0 Å². The molecule has 11 heavy (non-hydrogen) atoms. The molecule has 1 aromatic rings. The first-order valence-corrected chi connectivity index (χ1v) is 4.79. The SMILES string of the molecule is CCc1nc(CC(C)N)cs1. The molecule has 0 fully saturated rings. The van der Waals surface area contributed by atoms with Crippen molar-refractivity contribution in [1.82, 2.24) is 4.98 Å². The average Bonchev–Trinajstić information content (AvgIpc) is 2.34. The third kappa shape index (κ3) is 2.60. The third-order valence-electron chi connectivity index (χ3n) is 1.43. The maximum Gasteiger partial charge on any atom is 0.0925 e. The fourth-order valence-corrected chi connectivity index (χ4v) is 1.69. The summed E-state index contributed by atoms with van der Waals surface area (Å²) in [5, 5.41) is 3.31. The van der Waals surface area contributed by atoms with Crippen LogP contribution in [0.15, 0.2) is 5.38 Å². The molecule has 0 aliphatic rings. The predicted molar refractivity (Wildman–Crippen MR) is 48.8 cm³/mol. The van der Waals surface area contributed by atoms with Crippen LogP contribution in [0.3, 0.4) is 0 Å². The zero-order chi connectivity index (χ0) is 8.27. The van der Waals surface area contributed by atoms with Crippen molar-refractivity contribution in [3.63, 3.8) is 0 Å². The van der Waals surface area contributed by atoms with Crippen LogP contribution in [-0.2, 0) is 12.8 Å². The highest BCUT2D eigenvalue weighted by atomic mass is 32.1. The molecular weight excluding hydrogens is 156 g/mol. The molecular formula is C8H14N2S. The molecule has 0 saturated heterocycles. The summed E-state index contributed by atoms with van der Waals surface area (Å²) in [5.41, 5.74) is 6.78. The Bertz CT molecular complexity index is 218. The van der Waals surface area contributed by atoms with E-state index in [0.29, 0.717) is 0 Å². The minimum absolute atomic E-state index is 0.224. The highest BCUT2D eigenvalue weighted by Gasteiger charge is 2.01. The van der Waals surface area contributed by atoms with Crippen molar-refractivity contribution in [1.29, 1.82) is 0 Å². The molecule has 3 heteroatoms. The second kappa shape index (κ2) is 3.83. The molecule has 2 N–H and O–H groups in total. The molecule has 1 heterocycles. The van der Waals surface area contributed by atoms with Gasteiger partial charge in [-0.15, -0.1) is 11.3 Å². The molecule has 1 atom stereocenters. The summed E-state index contributed by atoms with van der Waals surface area (Å²) in [7, 11) is 0. The quantitative estimate of drug-likeness (QED) is 0.748. The van der Waals surface area contributed by atoms with Crippen LogP contribution >= 0.6 is 11.3 Å². The highest BCUT2D eigenvalue weighted by Crippen LogP contribution is 2.10. The summed E-state index contributed by atoms with van der Waals surface area (Å²) in [5.74, 6) is 0. The lowest BCUT2D eigenvalue weighted by atomic mass is 10.2. The molecule has 0 bridgehead atoms. The van der Waals surface area contributed by atoms with E-state index in [1.54, 1.807) is 11.3 Å². The Morgan fingerprint density at radius 3 is 2.91 bits per heavy atom. The first kappa shape index (κ1) is 8.68. The van der Waals surface area contributed by atoms with Crippen molar-refractivity contribution in [2.24, 2.45) is 5.73 Å². The number of nitrogens with two attached hydrogens (primary N) is 1. The molecule has 0 saturated carbocycles. The van der Waals surface area contributed by atoms with Crippen LogP contribution in [-0.4, -0.2) is 11.0 Å². The minimum atomic E-state index is 0.224. The first-order valence-electron chi connectivity index (χ1n) is 3.91. The Labute approximate surface area is 71.5 Å². The number of aromatic nitrogens is 1. The van der Waals surface area contributed by atoms with Gasteiger partial charge >= 0.3 is 0 Å². The zero-order valence-electron chi connectivity index (χ0n) is 7.00. The van der Waals surface area contributed by atoms with E-state index in [0.717, 1.165) is 18.5 Å². The van der Waals surface area contributed by atoms with Crippen LogP contribution in [0.25, 0.3) is 0 Å². The molecule has 0 amide bonds. The van der Waals surface area contributed by atoms with E-state index >= 15 is 0 Å². The van der Waals surface area contributed by atoms with E-state index in [4.69, 9.17) is 5.73 Å². The van der Waals surface area contributed by atoms with Gasteiger partial charge in [-0.25, -0.2) is 4.98 Å². The second-order valence-electron chi connectivity index (χ2n) is 2.77. The molecule has 2 nitrogen and oxygen atoms in total. The van der Waals surface area contributed by atoms with Crippen molar-refractivity contribution >= 4 is 11.3 Å². The fraction of sp³-hybridized carbons (Fsp3) is 0.625. The number of hydrogen-bond donors (Lipinski definition) is 1. The highest BCUT2D eigenvalue weighted by molar-refractivity contribution is 7.09. The van der Waals surface area contributed by atoms with Crippen LogP contribution in [0, 0.1) is 0 Å². The summed E-state index contributed by atoms with van der Waals surface area (Å²) in [4.78, 5) is 4.41. The van der Waals surface area contributed by atoms with E-state index in [-0.39, 0.29) is 6.04 Å². The molecule has 62 valence electrons. The molecule has 0 aliphatic heterocycles. The third-order valence-corrected chi connectivity index (χ3v) is 2.47.